The molecule has 7 nitrogen and oxygen atoms in total. The van der Waals surface area contributed by atoms with Crippen LogP contribution >= 0.6 is 11.6 Å². The maximum Gasteiger partial charge on any atom is 0.252 e. The molecule has 1 aromatic carbocycles. The summed E-state index contributed by atoms with van der Waals surface area (Å²) in [5.41, 5.74) is 7.67. The van der Waals surface area contributed by atoms with E-state index in [-0.39, 0.29) is 16.6 Å². The molecule has 9 heteroatoms. The van der Waals surface area contributed by atoms with Gasteiger partial charge >= 0.3 is 0 Å². The molecule has 0 fully saturated rings. The molecule has 0 bridgehead atoms. The Labute approximate surface area is 140 Å². The van der Waals surface area contributed by atoms with Gasteiger partial charge in [0.2, 0.25) is 0 Å². The maximum absolute atomic E-state index is 11.4. The smallest absolute Gasteiger partial charge is 0.252 e. The van der Waals surface area contributed by atoms with Crippen LogP contribution in [0.5, 0.6) is 0 Å². The van der Waals surface area contributed by atoms with E-state index in [0.29, 0.717) is 12.2 Å². The number of carbonyl (C=O) groups excluding carboxylic acids is 1. The molecule has 0 aliphatic rings. The van der Waals surface area contributed by atoms with Gasteiger partial charge in [-0.15, -0.1) is 0 Å². The van der Waals surface area contributed by atoms with E-state index in [1.807, 2.05) is 18.2 Å². The van der Waals surface area contributed by atoms with Gasteiger partial charge in [-0.2, -0.15) is 0 Å². The normalized spacial score (nSPS) is 11.7. The number of hydrogen-bond acceptors (Lipinski definition) is 5. The first-order valence-corrected chi connectivity index (χ1v) is 8.20. The molecule has 0 spiro atoms. The predicted octanol–water partition coefficient (Wildman–Crippen LogP) is 2.04. The third-order valence-electron chi connectivity index (χ3n) is 2.95. The highest BCUT2D eigenvalue weighted by Gasteiger charge is 2.09. The van der Waals surface area contributed by atoms with E-state index in [9.17, 15) is 9.00 Å². The Hall–Kier alpha value is -2.16. The molecule has 5 N–H and O–H groups in total. The lowest BCUT2D eigenvalue weighted by Crippen LogP contribution is -2.15. The molecule has 2 rings (SSSR count). The molecule has 1 unspecified atom stereocenters. The lowest BCUT2D eigenvalue weighted by atomic mass is 10.1. The van der Waals surface area contributed by atoms with Crippen LogP contribution in [0.25, 0.3) is 0 Å². The van der Waals surface area contributed by atoms with Crippen LogP contribution in [0.15, 0.2) is 36.5 Å². The number of halogens is 1. The number of nitrogens with two attached hydrogens (primary N) is 1. The number of nitrogens with one attached hydrogen (secondary N) is 2. The topological polar surface area (TPSA) is 117 Å². The van der Waals surface area contributed by atoms with Crippen LogP contribution in [-0.2, 0) is 17.6 Å². The number of hydrogen-bond donors (Lipinski definition) is 4. The molecule has 0 saturated carbocycles. The summed E-state index contributed by atoms with van der Waals surface area (Å²) in [6, 6.07) is 8.83. The predicted molar refractivity (Wildman–Crippen MR) is 90.8 cm³/mol. The van der Waals surface area contributed by atoms with E-state index in [4.69, 9.17) is 21.9 Å². The fourth-order valence-electron chi connectivity index (χ4n) is 1.91. The largest absolute Gasteiger partial charge is 0.380 e. The van der Waals surface area contributed by atoms with Gasteiger partial charge in [-0.3, -0.25) is 4.79 Å². The van der Waals surface area contributed by atoms with Crippen LogP contribution in [0.1, 0.15) is 15.9 Å². The molecule has 0 radical (unpaired) electrons. The Morgan fingerprint density at radius 2 is 2.13 bits per heavy atom. The number of benzene rings is 1. The van der Waals surface area contributed by atoms with Crippen LogP contribution < -0.4 is 16.4 Å². The van der Waals surface area contributed by atoms with Gasteiger partial charge in [-0.05, 0) is 23.8 Å². The minimum absolute atomic E-state index is 0.0529. The Balaban J connectivity index is 2.09. The van der Waals surface area contributed by atoms with Crippen molar-refractivity contribution in [1.29, 1.82) is 0 Å². The quantitative estimate of drug-likeness (QED) is 0.446. The summed E-state index contributed by atoms with van der Waals surface area (Å²) in [5.74, 6) is -0.652. The second kappa shape index (κ2) is 7.91. The molecule has 2 aromatic rings. The van der Waals surface area contributed by atoms with Crippen molar-refractivity contribution >= 4 is 40.0 Å². The standard InChI is InChI=1S/C14H15ClN4O3S/c15-13-5-12(11(7-18-13)14(16)20)17-6-9-2-1-3-10(4-9)19-8-23(21)22/h1-5,7,19H,6,8H2,(H2,16,20)(H,17,18)(H,21,22). The molecule has 0 aliphatic heterocycles. The zero-order valence-electron chi connectivity index (χ0n) is 12.0. The van der Waals surface area contributed by atoms with Gasteiger partial charge in [0.05, 0.1) is 11.3 Å². The monoisotopic (exact) mass is 354 g/mol. The Kier molecular flexibility index (Phi) is 5.91. The average Bonchev–Trinajstić information content (AvgIpc) is 2.51. The molecule has 0 saturated heterocycles. The number of pyridine rings is 1. The third kappa shape index (κ3) is 5.20. The Bertz CT molecular complexity index is 742. The van der Waals surface area contributed by atoms with Crippen LogP contribution in [-0.4, -0.2) is 25.5 Å². The molecule has 1 amide bonds. The van der Waals surface area contributed by atoms with E-state index in [0.717, 1.165) is 11.3 Å². The molecule has 1 aromatic heterocycles. The van der Waals surface area contributed by atoms with Gasteiger partial charge < -0.3 is 20.9 Å². The van der Waals surface area contributed by atoms with E-state index < -0.39 is 17.0 Å². The van der Waals surface area contributed by atoms with Crippen molar-refractivity contribution in [3.63, 3.8) is 0 Å². The van der Waals surface area contributed by atoms with Crippen molar-refractivity contribution in [2.24, 2.45) is 5.73 Å². The second-order valence-corrected chi connectivity index (χ2v) is 5.93. The maximum atomic E-state index is 11.4. The van der Waals surface area contributed by atoms with Crippen molar-refractivity contribution < 1.29 is 13.6 Å². The highest BCUT2D eigenvalue weighted by Crippen LogP contribution is 2.20. The molecular weight excluding hydrogens is 340 g/mol. The number of anilines is 2. The highest BCUT2D eigenvalue weighted by atomic mass is 35.5. The minimum Gasteiger partial charge on any atom is -0.380 e. The molecule has 122 valence electrons. The summed E-state index contributed by atoms with van der Waals surface area (Å²) < 4.78 is 19.5. The lowest BCUT2D eigenvalue weighted by Gasteiger charge is -2.11. The fraction of sp³-hybridized carbons (Fsp3) is 0.143. The van der Waals surface area contributed by atoms with Crippen LogP contribution in [0.2, 0.25) is 5.15 Å². The minimum atomic E-state index is -1.92. The van der Waals surface area contributed by atoms with E-state index in [1.54, 1.807) is 6.07 Å². The van der Waals surface area contributed by atoms with E-state index in [2.05, 4.69) is 15.6 Å². The van der Waals surface area contributed by atoms with Crippen LogP contribution in [0.3, 0.4) is 0 Å². The summed E-state index contributed by atoms with van der Waals surface area (Å²) >= 11 is 3.92. The zero-order chi connectivity index (χ0) is 16.8. The van der Waals surface area contributed by atoms with Crippen molar-refractivity contribution in [2.45, 2.75) is 6.54 Å². The Morgan fingerprint density at radius 1 is 1.35 bits per heavy atom. The average molecular weight is 355 g/mol. The van der Waals surface area contributed by atoms with Gasteiger partial charge in [0.1, 0.15) is 11.0 Å². The molecule has 1 atom stereocenters. The summed E-state index contributed by atoms with van der Waals surface area (Å²) in [4.78, 5) is 15.2. The Morgan fingerprint density at radius 3 is 2.83 bits per heavy atom. The third-order valence-corrected chi connectivity index (χ3v) is 3.54. The lowest BCUT2D eigenvalue weighted by molar-refractivity contribution is 0.100. The van der Waals surface area contributed by atoms with E-state index >= 15 is 0 Å². The summed E-state index contributed by atoms with van der Waals surface area (Å²) in [6.45, 7) is 0.415. The number of amides is 1. The number of carbonyl (C=O) groups is 1. The second-order valence-electron chi connectivity index (χ2n) is 4.61. The molecule has 1 heterocycles. The van der Waals surface area contributed by atoms with Crippen molar-refractivity contribution in [3.05, 3.63) is 52.8 Å². The zero-order valence-corrected chi connectivity index (χ0v) is 13.5. The highest BCUT2D eigenvalue weighted by molar-refractivity contribution is 7.79. The summed E-state index contributed by atoms with van der Waals surface area (Å²) in [5, 5.41) is 6.17. The molecule has 23 heavy (non-hydrogen) atoms. The van der Waals surface area contributed by atoms with Gasteiger partial charge in [0.15, 0.2) is 11.1 Å². The van der Waals surface area contributed by atoms with Crippen LogP contribution in [0.4, 0.5) is 11.4 Å². The number of primary amides is 1. The van der Waals surface area contributed by atoms with Crippen LogP contribution in [0, 0.1) is 0 Å². The number of rotatable bonds is 7. The summed E-state index contributed by atoms with van der Waals surface area (Å²) in [7, 11) is 0. The van der Waals surface area contributed by atoms with Gasteiger partial charge in [0.25, 0.3) is 5.91 Å². The van der Waals surface area contributed by atoms with Crippen molar-refractivity contribution in [2.75, 3.05) is 16.5 Å². The molecule has 0 aliphatic carbocycles. The fourth-order valence-corrected chi connectivity index (χ4v) is 2.35. The first-order valence-electron chi connectivity index (χ1n) is 6.55. The number of aromatic nitrogens is 1. The SMILES string of the molecule is NC(=O)c1cnc(Cl)cc1NCc1cccc(NCS(=O)O)c1. The van der Waals surface area contributed by atoms with Gasteiger partial charge in [-0.1, -0.05) is 23.7 Å². The van der Waals surface area contributed by atoms with Crippen molar-refractivity contribution in [1.82, 2.24) is 4.98 Å². The van der Waals surface area contributed by atoms with E-state index in [1.165, 1.54) is 12.3 Å². The molecular formula is C14H15ClN4O3S. The summed E-state index contributed by atoms with van der Waals surface area (Å²) in [6.07, 6.45) is 1.32. The first-order chi connectivity index (χ1) is 11.0. The first kappa shape index (κ1) is 17.2. The number of nitrogens with zero attached hydrogens (tertiary/aromatic N) is 1. The van der Waals surface area contributed by atoms with Gasteiger partial charge in [0, 0.05) is 18.4 Å². The van der Waals surface area contributed by atoms with Gasteiger partial charge in [-0.25, -0.2) is 9.19 Å². The van der Waals surface area contributed by atoms with Crippen molar-refractivity contribution in [3.8, 4) is 0 Å².